The summed E-state index contributed by atoms with van der Waals surface area (Å²) in [4.78, 5) is 15.9. The third-order valence-electron chi connectivity index (χ3n) is 4.46. The first-order valence-corrected chi connectivity index (χ1v) is 10.6. The van der Waals surface area contributed by atoms with E-state index in [0.717, 1.165) is 5.56 Å². The summed E-state index contributed by atoms with van der Waals surface area (Å²) in [6.45, 7) is 3.35. The zero-order valence-corrected chi connectivity index (χ0v) is 18.7. The van der Waals surface area contributed by atoms with Crippen molar-refractivity contribution in [1.29, 1.82) is 0 Å². The molecule has 33 heavy (non-hydrogen) atoms. The van der Waals surface area contributed by atoms with Crippen molar-refractivity contribution in [2.75, 3.05) is 26.9 Å². The van der Waals surface area contributed by atoms with Gasteiger partial charge in [0.2, 0.25) is 0 Å². The Kier molecular flexibility index (Phi) is 9.08. The molecule has 8 heteroatoms. The molecule has 172 valence electrons. The van der Waals surface area contributed by atoms with Crippen molar-refractivity contribution in [3.05, 3.63) is 78.1 Å². The van der Waals surface area contributed by atoms with E-state index in [0.29, 0.717) is 54.8 Å². The number of aromatic nitrogens is 1. The Labute approximate surface area is 193 Å². The minimum absolute atomic E-state index is 0.311. The number of benzene rings is 2. The molecule has 0 aliphatic rings. The van der Waals surface area contributed by atoms with Crippen LogP contribution in [0.5, 0.6) is 23.0 Å². The maximum absolute atomic E-state index is 12.0. The van der Waals surface area contributed by atoms with Gasteiger partial charge in [-0.2, -0.15) is 5.10 Å². The molecular weight excluding hydrogens is 422 g/mol. The molecule has 0 fully saturated rings. The Bertz CT molecular complexity index is 1060. The highest BCUT2D eigenvalue weighted by Gasteiger charge is 2.07. The van der Waals surface area contributed by atoms with Crippen LogP contribution in [0.2, 0.25) is 0 Å². The largest absolute Gasteiger partial charge is 0.493 e. The number of pyridine rings is 1. The number of nitrogens with one attached hydrogen (secondary N) is 1. The number of carbonyl (C=O) groups is 1. The van der Waals surface area contributed by atoms with Gasteiger partial charge in [-0.25, -0.2) is 5.43 Å². The van der Waals surface area contributed by atoms with Gasteiger partial charge in [0.1, 0.15) is 0 Å². The fraction of sp³-hybridized carbons (Fsp3) is 0.240. The summed E-state index contributed by atoms with van der Waals surface area (Å²) in [6.07, 6.45) is 5.34. The van der Waals surface area contributed by atoms with Gasteiger partial charge in [0.15, 0.2) is 23.0 Å². The van der Waals surface area contributed by atoms with Crippen LogP contribution in [0.15, 0.2) is 72.1 Å². The molecule has 3 aromatic rings. The Morgan fingerprint density at radius 2 is 1.64 bits per heavy atom. The molecule has 1 aromatic heterocycles. The minimum atomic E-state index is -0.311. The smallest absolute Gasteiger partial charge is 0.271 e. The highest BCUT2D eigenvalue weighted by atomic mass is 16.5. The van der Waals surface area contributed by atoms with Gasteiger partial charge in [-0.15, -0.1) is 0 Å². The van der Waals surface area contributed by atoms with Gasteiger partial charge in [0.25, 0.3) is 5.91 Å². The van der Waals surface area contributed by atoms with Crippen LogP contribution in [0.3, 0.4) is 0 Å². The lowest BCUT2D eigenvalue weighted by atomic mass is 10.2. The Hall–Kier alpha value is -4.07. The summed E-state index contributed by atoms with van der Waals surface area (Å²) < 4.78 is 22.6. The summed E-state index contributed by atoms with van der Waals surface area (Å²) in [5.41, 5.74) is 3.74. The first-order chi connectivity index (χ1) is 16.2. The average molecular weight is 450 g/mol. The lowest BCUT2D eigenvalue weighted by Crippen LogP contribution is -2.17. The maximum atomic E-state index is 12.0. The van der Waals surface area contributed by atoms with Crippen molar-refractivity contribution < 1.29 is 23.7 Å². The number of rotatable bonds is 12. The summed E-state index contributed by atoms with van der Waals surface area (Å²) in [7, 11) is 1.61. The molecule has 1 amide bonds. The van der Waals surface area contributed by atoms with Gasteiger partial charge in [0.05, 0.1) is 33.1 Å². The fourth-order valence-corrected chi connectivity index (χ4v) is 2.89. The van der Waals surface area contributed by atoms with Crippen molar-refractivity contribution in [1.82, 2.24) is 10.4 Å². The van der Waals surface area contributed by atoms with Crippen LogP contribution in [0.1, 0.15) is 29.3 Å². The number of carbonyl (C=O) groups excluding carboxylic acids is 1. The lowest BCUT2D eigenvalue weighted by molar-refractivity contribution is 0.0955. The van der Waals surface area contributed by atoms with Crippen molar-refractivity contribution >= 4 is 12.1 Å². The van der Waals surface area contributed by atoms with Crippen LogP contribution in [-0.4, -0.2) is 44.0 Å². The van der Waals surface area contributed by atoms with Gasteiger partial charge < -0.3 is 18.9 Å². The highest BCUT2D eigenvalue weighted by molar-refractivity contribution is 5.94. The molecule has 0 radical (unpaired) electrons. The van der Waals surface area contributed by atoms with E-state index < -0.39 is 0 Å². The monoisotopic (exact) mass is 449 g/mol. The number of methoxy groups -OCH3 is 1. The van der Waals surface area contributed by atoms with Gasteiger partial charge in [-0.3, -0.25) is 9.78 Å². The Balaban J connectivity index is 1.51. The van der Waals surface area contributed by atoms with E-state index in [4.69, 9.17) is 18.9 Å². The molecule has 0 aliphatic heterocycles. The third kappa shape index (κ3) is 7.24. The quantitative estimate of drug-likeness (QED) is 0.254. The molecule has 0 saturated heterocycles. The van der Waals surface area contributed by atoms with E-state index in [9.17, 15) is 4.79 Å². The SMILES string of the molecule is CCOc1cc(C=NNC(=O)c2ccncc2)ccc1OCCCOc1ccccc1OC. The minimum Gasteiger partial charge on any atom is -0.493 e. The van der Waals surface area contributed by atoms with E-state index in [1.165, 1.54) is 0 Å². The van der Waals surface area contributed by atoms with Crippen LogP contribution in [-0.2, 0) is 0 Å². The zero-order valence-electron chi connectivity index (χ0n) is 18.7. The molecule has 0 saturated carbocycles. The summed E-state index contributed by atoms with van der Waals surface area (Å²) >= 11 is 0. The third-order valence-corrected chi connectivity index (χ3v) is 4.46. The standard InChI is InChI=1S/C25H27N3O5/c1-3-31-24-17-19(18-27-28-25(29)20-11-13-26-14-12-20)9-10-23(24)33-16-6-15-32-22-8-5-4-7-21(22)30-2/h4-5,7-14,17-18H,3,6,15-16H2,1-2H3,(H,28,29). The van der Waals surface area contributed by atoms with Crippen LogP contribution in [0.4, 0.5) is 0 Å². The molecule has 0 unspecified atom stereocenters. The van der Waals surface area contributed by atoms with Gasteiger partial charge in [-0.05, 0) is 55.0 Å². The van der Waals surface area contributed by atoms with Crippen LogP contribution in [0, 0.1) is 0 Å². The second-order valence-corrected chi connectivity index (χ2v) is 6.78. The molecule has 8 nitrogen and oxygen atoms in total. The number of amides is 1. The topological polar surface area (TPSA) is 91.3 Å². The van der Waals surface area contributed by atoms with E-state index in [1.54, 1.807) is 37.9 Å². The molecule has 0 atom stereocenters. The predicted molar refractivity (Wildman–Crippen MR) is 126 cm³/mol. The van der Waals surface area contributed by atoms with E-state index in [2.05, 4.69) is 15.5 Å². The normalized spacial score (nSPS) is 10.6. The van der Waals surface area contributed by atoms with E-state index in [1.807, 2.05) is 49.4 Å². The molecule has 0 aliphatic carbocycles. The summed E-state index contributed by atoms with van der Waals surface area (Å²) in [5.74, 6) is 2.33. The van der Waals surface area contributed by atoms with Gasteiger partial charge in [0, 0.05) is 24.4 Å². The van der Waals surface area contributed by atoms with Crippen molar-refractivity contribution in [2.24, 2.45) is 5.10 Å². The second-order valence-electron chi connectivity index (χ2n) is 6.78. The number of ether oxygens (including phenoxy) is 4. The maximum Gasteiger partial charge on any atom is 0.271 e. The zero-order chi connectivity index (χ0) is 23.3. The van der Waals surface area contributed by atoms with Gasteiger partial charge >= 0.3 is 0 Å². The molecule has 3 rings (SSSR count). The fourth-order valence-electron chi connectivity index (χ4n) is 2.89. The molecule has 1 heterocycles. The molecule has 2 aromatic carbocycles. The van der Waals surface area contributed by atoms with E-state index in [-0.39, 0.29) is 5.91 Å². The van der Waals surface area contributed by atoms with Crippen LogP contribution in [0.25, 0.3) is 0 Å². The van der Waals surface area contributed by atoms with Crippen LogP contribution < -0.4 is 24.4 Å². The predicted octanol–water partition coefficient (Wildman–Crippen LogP) is 4.10. The van der Waals surface area contributed by atoms with Crippen molar-refractivity contribution in [2.45, 2.75) is 13.3 Å². The molecule has 0 spiro atoms. The van der Waals surface area contributed by atoms with Gasteiger partial charge in [-0.1, -0.05) is 12.1 Å². The Morgan fingerprint density at radius 3 is 2.33 bits per heavy atom. The van der Waals surface area contributed by atoms with Crippen LogP contribution >= 0.6 is 0 Å². The van der Waals surface area contributed by atoms with Crippen molar-refractivity contribution in [3.8, 4) is 23.0 Å². The number of para-hydroxylation sites is 2. The van der Waals surface area contributed by atoms with E-state index >= 15 is 0 Å². The highest BCUT2D eigenvalue weighted by Crippen LogP contribution is 2.29. The van der Waals surface area contributed by atoms with Crippen molar-refractivity contribution in [3.63, 3.8) is 0 Å². The number of hydrogen-bond acceptors (Lipinski definition) is 7. The molecule has 1 N–H and O–H groups in total. The number of hydrogen-bond donors (Lipinski definition) is 1. The Morgan fingerprint density at radius 1 is 0.939 bits per heavy atom. The number of nitrogens with zero attached hydrogens (tertiary/aromatic N) is 2. The number of hydrazone groups is 1. The first kappa shape index (κ1) is 23.6. The summed E-state index contributed by atoms with van der Waals surface area (Å²) in [6, 6.07) is 16.2. The first-order valence-electron chi connectivity index (χ1n) is 10.6. The lowest BCUT2D eigenvalue weighted by Gasteiger charge is -2.13. The second kappa shape index (κ2) is 12.7. The summed E-state index contributed by atoms with van der Waals surface area (Å²) in [5, 5.41) is 4.01. The molecular formula is C25H27N3O5. The average Bonchev–Trinajstić information content (AvgIpc) is 2.86. The molecule has 0 bridgehead atoms.